The van der Waals surface area contributed by atoms with Crippen molar-refractivity contribution in [3.63, 3.8) is 0 Å². The van der Waals surface area contributed by atoms with Crippen LogP contribution in [0.3, 0.4) is 0 Å². The Morgan fingerprint density at radius 2 is 2.04 bits per heavy atom. The fraction of sp³-hybridized carbons (Fsp3) is 0.611. The molecule has 1 saturated heterocycles. The number of hydrogen-bond donors (Lipinski definition) is 0. The van der Waals surface area contributed by atoms with Crippen molar-refractivity contribution in [2.75, 3.05) is 44.7 Å². The molecule has 0 N–H and O–H groups in total. The van der Waals surface area contributed by atoms with E-state index in [1.165, 1.54) is 0 Å². The minimum atomic E-state index is -0.0517. The number of hydrogen-bond acceptors (Lipinski definition) is 4. The van der Waals surface area contributed by atoms with Crippen molar-refractivity contribution in [3.8, 4) is 0 Å². The molecule has 0 aliphatic carbocycles. The maximum Gasteiger partial charge on any atom is 0.230 e. The first-order chi connectivity index (χ1) is 11.5. The van der Waals surface area contributed by atoms with E-state index in [1.807, 2.05) is 30.0 Å². The summed E-state index contributed by atoms with van der Waals surface area (Å²) in [5.74, 6) is 0.872. The molecule has 0 radical (unpaired) electrons. The van der Waals surface area contributed by atoms with Crippen molar-refractivity contribution < 1.29 is 9.59 Å². The van der Waals surface area contributed by atoms with Crippen LogP contribution in [0.2, 0.25) is 0 Å². The number of rotatable bonds is 5. The van der Waals surface area contributed by atoms with Gasteiger partial charge < -0.3 is 9.80 Å². The van der Waals surface area contributed by atoms with Gasteiger partial charge in [-0.05, 0) is 38.1 Å². The molecule has 1 fully saturated rings. The van der Waals surface area contributed by atoms with Crippen LogP contribution in [-0.4, -0.2) is 66.4 Å². The lowest BCUT2D eigenvalue weighted by molar-refractivity contribution is -0.128. The Bertz CT molecular complexity index is 549. The lowest BCUT2D eigenvalue weighted by Gasteiger charge is -2.24. The lowest BCUT2D eigenvalue weighted by Crippen LogP contribution is -2.36. The van der Waals surface area contributed by atoms with Gasteiger partial charge in [0.25, 0.3) is 0 Å². The molecule has 24 heavy (non-hydrogen) atoms. The molecule has 0 saturated carbocycles. The summed E-state index contributed by atoms with van der Waals surface area (Å²) in [7, 11) is 1.78. The molecule has 132 valence electrons. The van der Waals surface area contributed by atoms with E-state index in [0.29, 0.717) is 5.82 Å². The van der Waals surface area contributed by atoms with Crippen molar-refractivity contribution >= 4 is 17.6 Å². The van der Waals surface area contributed by atoms with Gasteiger partial charge in [-0.2, -0.15) is 0 Å². The number of aromatic nitrogens is 1. The topological polar surface area (TPSA) is 56.8 Å². The Balaban J connectivity index is 1.81. The summed E-state index contributed by atoms with van der Waals surface area (Å²) < 4.78 is 0. The lowest BCUT2D eigenvalue weighted by atomic mass is 10.1. The third-order valence-electron chi connectivity index (χ3n) is 4.66. The second kappa shape index (κ2) is 8.78. The van der Waals surface area contributed by atoms with E-state index in [2.05, 4.69) is 9.88 Å². The number of amides is 2. The fourth-order valence-corrected chi connectivity index (χ4v) is 3.00. The molecule has 0 bridgehead atoms. The molecule has 1 aliphatic heterocycles. The highest BCUT2D eigenvalue weighted by Crippen LogP contribution is 2.14. The van der Waals surface area contributed by atoms with Crippen molar-refractivity contribution in [1.82, 2.24) is 14.8 Å². The summed E-state index contributed by atoms with van der Waals surface area (Å²) in [6.45, 7) is 7.98. The number of carbonyl (C=O) groups is 2. The Kier molecular flexibility index (Phi) is 6.73. The molecular weight excluding hydrogens is 304 g/mol. The van der Waals surface area contributed by atoms with Gasteiger partial charge in [-0.1, -0.05) is 13.0 Å². The predicted molar refractivity (Wildman–Crippen MR) is 94.7 cm³/mol. The van der Waals surface area contributed by atoms with Crippen LogP contribution in [-0.2, 0) is 9.59 Å². The molecule has 6 nitrogen and oxygen atoms in total. The van der Waals surface area contributed by atoms with Gasteiger partial charge in [0.2, 0.25) is 11.8 Å². The normalized spacial score (nSPS) is 17.2. The standard InChI is InChI=1S/C18H28N4O2/c1-15(18(24)20(3)17-7-4-5-9-19-17)8-12-21-10-6-11-22(14-13-21)16(2)23/h4-5,7,9,15H,6,8,10-14H2,1-3H3. The first-order valence-electron chi connectivity index (χ1n) is 8.65. The van der Waals surface area contributed by atoms with Crippen molar-refractivity contribution in [2.24, 2.45) is 5.92 Å². The molecule has 1 atom stereocenters. The Labute approximate surface area is 144 Å². The van der Waals surface area contributed by atoms with Crippen molar-refractivity contribution in [3.05, 3.63) is 24.4 Å². The molecule has 1 unspecified atom stereocenters. The van der Waals surface area contributed by atoms with Crippen molar-refractivity contribution in [1.29, 1.82) is 0 Å². The van der Waals surface area contributed by atoms with Crippen LogP contribution in [0.5, 0.6) is 0 Å². The zero-order valence-corrected chi connectivity index (χ0v) is 14.9. The predicted octanol–water partition coefficient (Wildman–Crippen LogP) is 1.62. The quantitative estimate of drug-likeness (QED) is 0.822. The highest BCUT2D eigenvalue weighted by Gasteiger charge is 2.21. The summed E-state index contributed by atoms with van der Waals surface area (Å²) in [6.07, 6.45) is 3.51. The van der Waals surface area contributed by atoms with Crippen LogP contribution >= 0.6 is 0 Å². The van der Waals surface area contributed by atoms with Crippen LogP contribution in [0, 0.1) is 5.92 Å². The van der Waals surface area contributed by atoms with Gasteiger partial charge in [0.05, 0.1) is 0 Å². The average molecular weight is 332 g/mol. The highest BCUT2D eigenvalue weighted by molar-refractivity contribution is 5.93. The Morgan fingerprint density at radius 1 is 1.25 bits per heavy atom. The van der Waals surface area contributed by atoms with Gasteiger partial charge in [0, 0.05) is 45.7 Å². The smallest absolute Gasteiger partial charge is 0.230 e. The number of pyridine rings is 1. The molecule has 6 heteroatoms. The van der Waals surface area contributed by atoms with Gasteiger partial charge in [-0.15, -0.1) is 0 Å². The summed E-state index contributed by atoms with van der Waals surface area (Å²) in [4.78, 5) is 34.1. The first-order valence-corrected chi connectivity index (χ1v) is 8.65. The minimum Gasteiger partial charge on any atom is -0.342 e. The van der Waals surface area contributed by atoms with E-state index in [0.717, 1.165) is 45.6 Å². The maximum atomic E-state index is 12.5. The zero-order chi connectivity index (χ0) is 17.5. The van der Waals surface area contributed by atoms with Crippen LogP contribution in [0.15, 0.2) is 24.4 Å². The van der Waals surface area contributed by atoms with Gasteiger partial charge in [-0.3, -0.25) is 14.5 Å². The third kappa shape index (κ3) is 5.03. The number of anilines is 1. The SMILES string of the molecule is CC(=O)N1CCCN(CCC(C)C(=O)N(C)c2ccccn2)CC1. The van der Waals surface area contributed by atoms with Crippen molar-refractivity contribution in [2.45, 2.75) is 26.7 Å². The summed E-state index contributed by atoms with van der Waals surface area (Å²) in [5, 5.41) is 0. The summed E-state index contributed by atoms with van der Waals surface area (Å²) in [6, 6.07) is 5.57. The van der Waals surface area contributed by atoms with Crippen LogP contribution in [0.4, 0.5) is 5.82 Å². The molecule has 1 aromatic rings. The fourth-order valence-electron chi connectivity index (χ4n) is 3.00. The van der Waals surface area contributed by atoms with E-state index in [-0.39, 0.29) is 17.7 Å². The first kappa shape index (κ1) is 18.4. The van der Waals surface area contributed by atoms with E-state index in [9.17, 15) is 9.59 Å². The monoisotopic (exact) mass is 332 g/mol. The molecule has 2 amide bonds. The summed E-state index contributed by atoms with van der Waals surface area (Å²) in [5.41, 5.74) is 0. The highest BCUT2D eigenvalue weighted by atomic mass is 16.2. The maximum absolute atomic E-state index is 12.5. The molecule has 2 heterocycles. The third-order valence-corrected chi connectivity index (χ3v) is 4.66. The van der Waals surface area contributed by atoms with E-state index in [1.54, 1.807) is 25.1 Å². The molecule has 1 aromatic heterocycles. The second-order valence-electron chi connectivity index (χ2n) is 6.48. The zero-order valence-electron chi connectivity index (χ0n) is 14.9. The van der Waals surface area contributed by atoms with Crippen LogP contribution in [0.25, 0.3) is 0 Å². The minimum absolute atomic E-state index is 0.0517. The second-order valence-corrected chi connectivity index (χ2v) is 6.48. The van der Waals surface area contributed by atoms with E-state index in [4.69, 9.17) is 0 Å². The van der Waals surface area contributed by atoms with Gasteiger partial charge in [0.1, 0.15) is 5.82 Å². The molecule has 0 aromatic carbocycles. The molecule has 2 rings (SSSR count). The van der Waals surface area contributed by atoms with Crippen LogP contribution in [0.1, 0.15) is 26.7 Å². The Hall–Kier alpha value is -1.95. The van der Waals surface area contributed by atoms with Crippen LogP contribution < -0.4 is 4.90 Å². The molecular formula is C18H28N4O2. The largest absolute Gasteiger partial charge is 0.342 e. The van der Waals surface area contributed by atoms with E-state index >= 15 is 0 Å². The summed E-state index contributed by atoms with van der Waals surface area (Å²) >= 11 is 0. The number of nitrogens with zero attached hydrogens (tertiary/aromatic N) is 4. The molecule has 0 spiro atoms. The van der Waals surface area contributed by atoms with Gasteiger partial charge >= 0.3 is 0 Å². The molecule has 1 aliphatic rings. The van der Waals surface area contributed by atoms with Gasteiger partial charge in [-0.25, -0.2) is 4.98 Å². The average Bonchev–Trinajstić information content (AvgIpc) is 2.85. The Morgan fingerprint density at radius 3 is 2.71 bits per heavy atom. The van der Waals surface area contributed by atoms with E-state index < -0.39 is 0 Å². The number of carbonyl (C=O) groups excluding carboxylic acids is 2. The van der Waals surface area contributed by atoms with Gasteiger partial charge in [0.15, 0.2) is 0 Å².